The lowest BCUT2D eigenvalue weighted by Crippen LogP contribution is -2.08. The van der Waals surface area contributed by atoms with E-state index < -0.39 is 0 Å². The fourth-order valence-corrected chi connectivity index (χ4v) is 2.27. The van der Waals surface area contributed by atoms with Crippen LogP contribution in [0.4, 0.5) is 0 Å². The lowest BCUT2D eigenvalue weighted by molar-refractivity contribution is 0.801. The maximum absolute atomic E-state index is 5.70. The summed E-state index contributed by atoms with van der Waals surface area (Å²) in [6, 6.07) is 6.53. The summed E-state index contributed by atoms with van der Waals surface area (Å²) in [6.07, 6.45) is 6.92. The van der Waals surface area contributed by atoms with Gasteiger partial charge >= 0.3 is 0 Å². The minimum absolute atomic E-state index is 0.675. The molecule has 96 valence electrons. The van der Waals surface area contributed by atoms with Crippen LogP contribution in [0, 0.1) is 6.92 Å². The second-order valence-electron chi connectivity index (χ2n) is 4.63. The Hall–Kier alpha value is -1.61. The SMILES string of the molecule is CCCc1nccn1-c1ccc(C)cc1CCN. The first kappa shape index (κ1) is 12.8. The molecular formula is C15H21N3. The Morgan fingerprint density at radius 3 is 2.83 bits per heavy atom. The van der Waals surface area contributed by atoms with E-state index in [0.29, 0.717) is 6.54 Å². The molecule has 0 fully saturated rings. The average Bonchev–Trinajstić information content (AvgIpc) is 2.78. The number of nitrogens with zero attached hydrogens (tertiary/aromatic N) is 2. The molecule has 2 aromatic rings. The Labute approximate surface area is 109 Å². The third kappa shape index (κ3) is 2.62. The third-order valence-electron chi connectivity index (χ3n) is 3.10. The fourth-order valence-electron chi connectivity index (χ4n) is 2.27. The Kier molecular flexibility index (Phi) is 4.15. The second kappa shape index (κ2) is 5.83. The lowest BCUT2D eigenvalue weighted by Gasteiger charge is -2.13. The summed E-state index contributed by atoms with van der Waals surface area (Å²) in [7, 11) is 0. The van der Waals surface area contributed by atoms with Crippen molar-refractivity contribution < 1.29 is 0 Å². The van der Waals surface area contributed by atoms with Crippen LogP contribution in [0.5, 0.6) is 0 Å². The fraction of sp³-hybridized carbons (Fsp3) is 0.400. The first-order chi connectivity index (χ1) is 8.76. The number of hydrogen-bond acceptors (Lipinski definition) is 2. The zero-order valence-electron chi connectivity index (χ0n) is 11.2. The van der Waals surface area contributed by atoms with Gasteiger partial charge in [0.1, 0.15) is 5.82 Å². The number of nitrogens with two attached hydrogens (primary N) is 1. The molecule has 2 rings (SSSR count). The molecule has 2 N–H and O–H groups in total. The van der Waals surface area contributed by atoms with Gasteiger partial charge in [-0.1, -0.05) is 24.6 Å². The van der Waals surface area contributed by atoms with Gasteiger partial charge < -0.3 is 10.3 Å². The van der Waals surface area contributed by atoms with Crippen molar-refractivity contribution in [3.8, 4) is 5.69 Å². The van der Waals surface area contributed by atoms with Gasteiger partial charge in [0.15, 0.2) is 0 Å². The summed E-state index contributed by atoms with van der Waals surface area (Å²) in [4.78, 5) is 4.44. The van der Waals surface area contributed by atoms with Crippen LogP contribution in [0.2, 0.25) is 0 Å². The molecule has 0 amide bonds. The van der Waals surface area contributed by atoms with Crippen LogP contribution in [0.15, 0.2) is 30.6 Å². The average molecular weight is 243 g/mol. The van der Waals surface area contributed by atoms with Gasteiger partial charge in [-0.3, -0.25) is 0 Å². The number of aryl methyl sites for hydroxylation is 2. The Morgan fingerprint density at radius 1 is 1.28 bits per heavy atom. The van der Waals surface area contributed by atoms with Crippen LogP contribution in [0.25, 0.3) is 5.69 Å². The van der Waals surface area contributed by atoms with Crippen molar-refractivity contribution in [1.29, 1.82) is 0 Å². The zero-order chi connectivity index (χ0) is 13.0. The Morgan fingerprint density at radius 2 is 2.11 bits per heavy atom. The van der Waals surface area contributed by atoms with E-state index in [0.717, 1.165) is 25.1 Å². The number of rotatable bonds is 5. The molecule has 1 heterocycles. The van der Waals surface area contributed by atoms with Gasteiger partial charge in [0.2, 0.25) is 0 Å². The largest absolute Gasteiger partial charge is 0.330 e. The first-order valence-electron chi connectivity index (χ1n) is 6.58. The Bertz CT molecular complexity index is 514. The highest BCUT2D eigenvalue weighted by molar-refractivity contribution is 5.44. The molecule has 1 aromatic heterocycles. The van der Waals surface area contributed by atoms with Crippen LogP contribution in [0.1, 0.15) is 30.3 Å². The van der Waals surface area contributed by atoms with E-state index in [-0.39, 0.29) is 0 Å². The molecule has 0 aliphatic carbocycles. The van der Waals surface area contributed by atoms with Crippen LogP contribution in [0.3, 0.4) is 0 Å². The predicted octanol–water partition coefficient (Wildman–Crippen LogP) is 2.63. The van der Waals surface area contributed by atoms with Gasteiger partial charge in [-0.25, -0.2) is 4.98 Å². The highest BCUT2D eigenvalue weighted by Gasteiger charge is 2.08. The highest BCUT2D eigenvalue weighted by atomic mass is 15.1. The monoisotopic (exact) mass is 243 g/mol. The van der Waals surface area contributed by atoms with Crippen molar-refractivity contribution in [2.24, 2.45) is 5.73 Å². The molecule has 0 spiro atoms. The summed E-state index contributed by atoms with van der Waals surface area (Å²) >= 11 is 0. The normalized spacial score (nSPS) is 10.8. The second-order valence-corrected chi connectivity index (χ2v) is 4.63. The number of imidazole rings is 1. The van der Waals surface area contributed by atoms with Gasteiger partial charge in [0.25, 0.3) is 0 Å². The summed E-state index contributed by atoms with van der Waals surface area (Å²) in [5.74, 6) is 1.12. The molecular weight excluding hydrogens is 222 g/mol. The number of aromatic nitrogens is 2. The molecule has 0 saturated carbocycles. The standard InChI is InChI=1S/C15H21N3/c1-3-4-15-17-9-10-18(15)14-6-5-12(2)11-13(14)7-8-16/h5-6,9-11H,3-4,7-8,16H2,1-2H3. The minimum atomic E-state index is 0.675. The minimum Gasteiger partial charge on any atom is -0.330 e. The van der Waals surface area contributed by atoms with E-state index in [2.05, 4.69) is 41.6 Å². The van der Waals surface area contributed by atoms with Crippen LogP contribution < -0.4 is 5.73 Å². The van der Waals surface area contributed by atoms with Crippen molar-refractivity contribution in [2.75, 3.05) is 6.54 Å². The molecule has 0 radical (unpaired) electrons. The van der Waals surface area contributed by atoms with Gasteiger partial charge in [0, 0.05) is 24.5 Å². The van der Waals surface area contributed by atoms with E-state index in [4.69, 9.17) is 5.73 Å². The zero-order valence-corrected chi connectivity index (χ0v) is 11.2. The van der Waals surface area contributed by atoms with E-state index in [9.17, 15) is 0 Å². The van der Waals surface area contributed by atoms with Crippen LogP contribution in [-0.4, -0.2) is 16.1 Å². The summed E-state index contributed by atoms with van der Waals surface area (Å²) < 4.78 is 2.19. The summed E-state index contributed by atoms with van der Waals surface area (Å²) in [5, 5.41) is 0. The first-order valence-corrected chi connectivity index (χ1v) is 6.58. The van der Waals surface area contributed by atoms with Gasteiger partial charge in [-0.15, -0.1) is 0 Å². The highest BCUT2D eigenvalue weighted by Crippen LogP contribution is 2.19. The van der Waals surface area contributed by atoms with Crippen molar-refractivity contribution in [3.05, 3.63) is 47.5 Å². The molecule has 3 nitrogen and oxygen atoms in total. The molecule has 0 unspecified atom stereocenters. The van der Waals surface area contributed by atoms with Gasteiger partial charge in [-0.05, 0) is 37.9 Å². The smallest absolute Gasteiger partial charge is 0.113 e. The molecule has 0 aliphatic heterocycles. The van der Waals surface area contributed by atoms with E-state index in [1.807, 2.05) is 12.4 Å². The third-order valence-corrected chi connectivity index (χ3v) is 3.10. The van der Waals surface area contributed by atoms with E-state index in [1.54, 1.807) is 0 Å². The molecule has 0 bridgehead atoms. The molecule has 1 aromatic carbocycles. The lowest BCUT2D eigenvalue weighted by atomic mass is 10.1. The number of benzene rings is 1. The van der Waals surface area contributed by atoms with E-state index in [1.165, 1.54) is 16.8 Å². The van der Waals surface area contributed by atoms with Crippen molar-refractivity contribution >= 4 is 0 Å². The van der Waals surface area contributed by atoms with Gasteiger partial charge in [0.05, 0.1) is 0 Å². The number of hydrogen-bond donors (Lipinski definition) is 1. The molecule has 0 saturated heterocycles. The quantitative estimate of drug-likeness (QED) is 0.877. The molecule has 0 aliphatic rings. The van der Waals surface area contributed by atoms with Crippen molar-refractivity contribution in [2.45, 2.75) is 33.1 Å². The topological polar surface area (TPSA) is 43.8 Å². The molecule has 3 heteroatoms. The predicted molar refractivity (Wildman–Crippen MR) is 75.1 cm³/mol. The maximum atomic E-state index is 5.70. The molecule has 18 heavy (non-hydrogen) atoms. The van der Waals surface area contributed by atoms with Crippen molar-refractivity contribution in [1.82, 2.24) is 9.55 Å². The van der Waals surface area contributed by atoms with Crippen LogP contribution >= 0.6 is 0 Å². The Balaban J connectivity index is 2.45. The van der Waals surface area contributed by atoms with E-state index >= 15 is 0 Å². The maximum Gasteiger partial charge on any atom is 0.113 e. The van der Waals surface area contributed by atoms with Gasteiger partial charge in [-0.2, -0.15) is 0 Å². The summed E-state index contributed by atoms with van der Waals surface area (Å²) in [6.45, 7) is 4.97. The van der Waals surface area contributed by atoms with Crippen LogP contribution in [-0.2, 0) is 12.8 Å². The van der Waals surface area contributed by atoms with Crippen molar-refractivity contribution in [3.63, 3.8) is 0 Å². The molecule has 0 atom stereocenters. The summed E-state index contributed by atoms with van der Waals surface area (Å²) in [5.41, 5.74) is 9.50.